The van der Waals surface area contributed by atoms with E-state index >= 15 is 0 Å². The van der Waals surface area contributed by atoms with Gasteiger partial charge in [-0.3, -0.25) is 9.69 Å². The molecule has 1 unspecified atom stereocenters. The number of hydrogen-bond donors (Lipinski definition) is 2. The number of fused-ring (bicyclic) bond motifs is 2. The molecule has 0 bridgehead atoms. The molecule has 1 atom stereocenters. The smallest absolute Gasteiger partial charge is 0.257 e. The van der Waals surface area contributed by atoms with E-state index in [1.807, 2.05) is 6.07 Å². The van der Waals surface area contributed by atoms with E-state index in [9.17, 15) is 9.90 Å². The highest BCUT2D eigenvalue weighted by Crippen LogP contribution is 2.29. The van der Waals surface area contributed by atoms with Gasteiger partial charge in [0.25, 0.3) is 5.91 Å². The first-order valence-electron chi connectivity index (χ1n) is 11.1. The maximum absolute atomic E-state index is 13.1. The van der Waals surface area contributed by atoms with Crippen LogP contribution in [0.2, 0.25) is 0 Å². The van der Waals surface area contributed by atoms with Crippen molar-refractivity contribution >= 4 is 5.91 Å². The number of β-amino-alcohol motifs (C(OH)–C–C–N with tert-alkyl or cyclic N) is 1. The molecule has 3 aliphatic rings. The van der Waals surface area contributed by atoms with Crippen LogP contribution in [0.25, 0.3) is 0 Å². The fraction of sp³-hybridized carbons (Fsp3) is 0.458. The molecule has 5 rings (SSSR count). The maximum atomic E-state index is 13.1. The molecule has 7 heteroatoms. The predicted molar refractivity (Wildman–Crippen MR) is 117 cm³/mol. The third-order valence-electron chi connectivity index (χ3n) is 6.25. The quantitative estimate of drug-likeness (QED) is 0.730. The van der Waals surface area contributed by atoms with Crippen LogP contribution in [-0.4, -0.2) is 78.9 Å². The third-order valence-corrected chi connectivity index (χ3v) is 6.25. The summed E-state index contributed by atoms with van der Waals surface area (Å²) >= 11 is 0. The van der Waals surface area contributed by atoms with Crippen LogP contribution in [0.15, 0.2) is 42.5 Å². The van der Waals surface area contributed by atoms with Crippen molar-refractivity contribution < 1.29 is 19.4 Å². The van der Waals surface area contributed by atoms with E-state index in [1.165, 1.54) is 11.1 Å². The summed E-state index contributed by atoms with van der Waals surface area (Å²) < 4.78 is 11.7. The number of nitrogens with zero attached hydrogens (tertiary/aromatic N) is 2. The van der Waals surface area contributed by atoms with Gasteiger partial charge in [-0.1, -0.05) is 24.3 Å². The Morgan fingerprint density at radius 3 is 2.77 bits per heavy atom. The number of carbonyl (C=O) groups is 1. The van der Waals surface area contributed by atoms with Crippen molar-refractivity contribution in [2.45, 2.75) is 25.2 Å². The summed E-state index contributed by atoms with van der Waals surface area (Å²) in [6, 6.07) is 13.9. The van der Waals surface area contributed by atoms with Gasteiger partial charge >= 0.3 is 0 Å². The number of hydrogen-bond acceptors (Lipinski definition) is 6. The summed E-state index contributed by atoms with van der Waals surface area (Å²) in [6.45, 7) is 5.14. The molecule has 2 aromatic rings. The molecule has 31 heavy (non-hydrogen) atoms. The molecular weight excluding hydrogens is 394 g/mol. The molecule has 1 saturated heterocycles. The maximum Gasteiger partial charge on any atom is 0.257 e. The number of nitrogens with one attached hydrogen (secondary N) is 1. The normalized spacial score (nSPS) is 20.2. The monoisotopic (exact) mass is 423 g/mol. The summed E-state index contributed by atoms with van der Waals surface area (Å²) in [4.78, 5) is 17.1. The molecule has 0 saturated carbocycles. The van der Waals surface area contributed by atoms with Crippen LogP contribution in [0.1, 0.15) is 21.5 Å². The van der Waals surface area contributed by atoms with Crippen molar-refractivity contribution in [1.29, 1.82) is 0 Å². The molecule has 1 fully saturated rings. The van der Waals surface area contributed by atoms with Gasteiger partial charge in [0.15, 0.2) is 0 Å². The Hall–Kier alpha value is -2.61. The first-order valence-corrected chi connectivity index (χ1v) is 11.1. The zero-order valence-electron chi connectivity index (χ0n) is 17.6. The van der Waals surface area contributed by atoms with Gasteiger partial charge in [0.1, 0.15) is 24.2 Å². The van der Waals surface area contributed by atoms with E-state index in [4.69, 9.17) is 9.47 Å². The van der Waals surface area contributed by atoms with Gasteiger partial charge in [-0.15, -0.1) is 0 Å². The lowest BCUT2D eigenvalue weighted by Gasteiger charge is -2.32. The molecule has 0 spiro atoms. The number of rotatable bonds is 6. The molecule has 0 radical (unpaired) electrons. The Morgan fingerprint density at radius 2 is 1.97 bits per heavy atom. The van der Waals surface area contributed by atoms with Crippen LogP contribution in [-0.2, 0) is 13.0 Å². The number of ether oxygens (including phenoxy) is 2. The summed E-state index contributed by atoms with van der Waals surface area (Å²) in [5.74, 6) is 1.17. The van der Waals surface area contributed by atoms with Crippen molar-refractivity contribution in [3.05, 3.63) is 59.2 Å². The van der Waals surface area contributed by atoms with E-state index in [2.05, 4.69) is 34.5 Å². The minimum absolute atomic E-state index is 0.104. The fourth-order valence-corrected chi connectivity index (χ4v) is 4.44. The fourth-order valence-electron chi connectivity index (χ4n) is 4.44. The summed E-state index contributed by atoms with van der Waals surface area (Å²) in [5.41, 5.74) is 3.24. The highest BCUT2D eigenvalue weighted by atomic mass is 16.5. The minimum atomic E-state index is -0.607. The van der Waals surface area contributed by atoms with E-state index in [1.54, 1.807) is 17.0 Å². The minimum Gasteiger partial charge on any atom is -0.491 e. The second-order valence-electron chi connectivity index (χ2n) is 8.56. The molecule has 1 amide bonds. The summed E-state index contributed by atoms with van der Waals surface area (Å²) in [7, 11) is 0. The molecular formula is C24H29N3O4. The molecule has 0 aromatic heterocycles. The Kier molecular flexibility index (Phi) is 5.80. The lowest BCUT2D eigenvalue weighted by Crippen LogP contribution is -2.50. The lowest BCUT2D eigenvalue weighted by atomic mass is 10.00. The highest BCUT2D eigenvalue weighted by molar-refractivity contribution is 5.97. The molecule has 2 aromatic carbocycles. The van der Waals surface area contributed by atoms with E-state index < -0.39 is 6.10 Å². The first-order chi connectivity index (χ1) is 15.2. The van der Waals surface area contributed by atoms with Crippen molar-refractivity contribution in [3.8, 4) is 11.5 Å². The number of aliphatic hydroxyl groups excluding tert-OH is 1. The second kappa shape index (κ2) is 8.86. The molecule has 3 aliphatic heterocycles. The molecule has 164 valence electrons. The predicted octanol–water partition coefficient (Wildman–Crippen LogP) is 1.29. The average molecular weight is 424 g/mol. The van der Waals surface area contributed by atoms with Gasteiger partial charge in [0, 0.05) is 45.3 Å². The Bertz CT molecular complexity index is 946. The van der Waals surface area contributed by atoms with E-state index in [0.29, 0.717) is 37.6 Å². The zero-order valence-corrected chi connectivity index (χ0v) is 17.6. The Morgan fingerprint density at radius 1 is 1.13 bits per heavy atom. The van der Waals surface area contributed by atoms with Crippen molar-refractivity contribution in [3.63, 3.8) is 0 Å². The number of benzene rings is 2. The van der Waals surface area contributed by atoms with Gasteiger partial charge in [0.2, 0.25) is 0 Å². The molecule has 2 N–H and O–H groups in total. The average Bonchev–Trinajstić information content (AvgIpc) is 2.89. The molecule has 3 heterocycles. The van der Waals surface area contributed by atoms with Crippen molar-refractivity contribution in [2.24, 2.45) is 0 Å². The Labute approximate surface area is 182 Å². The van der Waals surface area contributed by atoms with Crippen LogP contribution in [0.3, 0.4) is 0 Å². The van der Waals surface area contributed by atoms with Crippen LogP contribution >= 0.6 is 0 Å². The summed E-state index contributed by atoms with van der Waals surface area (Å²) in [5, 5.41) is 13.9. The van der Waals surface area contributed by atoms with Gasteiger partial charge in [-0.05, 0) is 29.7 Å². The van der Waals surface area contributed by atoms with Crippen LogP contribution in [0.4, 0.5) is 0 Å². The van der Waals surface area contributed by atoms with Gasteiger partial charge < -0.3 is 24.8 Å². The SMILES string of the molecule is O=C1c2ccc(OC3CNC3)cc2OCCN1CC(O)CN1CCc2ccccc2C1. The van der Waals surface area contributed by atoms with Crippen LogP contribution in [0, 0.1) is 0 Å². The van der Waals surface area contributed by atoms with Crippen LogP contribution < -0.4 is 14.8 Å². The van der Waals surface area contributed by atoms with Gasteiger partial charge in [-0.2, -0.15) is 0 Å². The standard InChI is InChI=1S/C24H29N3O4/c28-19(15-26-8-7-17-3-1-2-4-18(17)14-26)16-27-9-10-30-23-11-20(31-21-12-25-13-21)5-6-22(23)24(27)29/h1-6,11,19,21,25,28H,7-10,12-16H2. The number of aliphatic hydroxyl groups is 1. The van der Waals surface area contributed by atoms with Crippen LogP contribution in [0.5, 0.6) is 11.5 Å². The van der Waals surface area contributed by atoms with Crippen molar-refractivity contribution in [1.82, 2.24) is 15.1 Å². The molecule has 0 aliphatic carbocycles. The molecule has 7 nitrogen and oxygen atoms in total. The number of carbonyl (C=O) groups excluding carboxylic acids is 1. The van der Waals surface area contributed by atoms with Gasteiger partial charge in [-0.25, -0.2) is 0 Å². The highest BCUT2D eigenvalue weighted by Gasteiger charge is 2.27. The lowest BCUT2D eigenvalue weighted by molar-refractivity contribution is 0.0501. The Balaban J connectivity index is 1.20. The van der Waals surface area contributed by atoms with E-state index in [-0.39, 0.29) is 12.0 Å². The first kappa shape index (κ1) is 20.3. The number of amides is 1. The third kappa shape index (κ3) is 4.54. The van der Waals surface area contributed by atoms with Gasteiger partial charge in [0.05, 0.1) is 18.2 Å². The largest absolute Gasteiger partial charge is 0.491 e. The topological polar surface area (TPSA) is 74.3 Å². The second-order valence-corrected chi connectivity index (χ2v) is 8.56. The summed E-state index contributed by atoms with van der Waals surface area (Å²) in [6.07, 6.45) is 0.561. The van der Waals surface area contributed by atoms with E-state index in [0.717, 1.165) is 38.3 Å². The van der Waals surface area contributed by atoms with Crippen molar-refractivity contribution in [2.75, 3.05) is 45.9 Å². The zero-order chi connectivity index (χ0) is 21.2.